The normalized spacial score (nSPS) is 11.1. The van der Waals surface area contributed by atoms with Gasteiger partial charge in [-0.15, -0.1) is 0 Å². The lowest BCUT2D eigenvalue weighted by atomic mass is 10.0. The van der Waals surface area contributed by atoms with Crippen LogP contribution in [0.2, 0.25) is 10.0 Å². The Morgan fingerprint density at radius 1 is 1.09 bits per heavy atom. The predicted molar refractivity (Wildman–Crippen MR) is 133 cm³/mol. The van der Waals surface area contributed by atoms with Crippen molar-refractivity contribution in [2.24, 2.45) is 0 Å². The first-order chi connectivity index (χ1) is 16.3. The molecule has 34 heavy (non-hydrogen) atoms. The molecule has 0 saturated carbocycles. The van der Waals surface area contributed by atoms with E-state index in [4.69, 9.17) is 23.2 Å². The summed E-state index contributed by atoms with van der Waals surface area (Å²) in [6, 6.07) is 13.4. The monoisotopic (exact) mass is 494 g/mol. The van der Waals surface area contributed by atoms with E-state index >= 15 is 0 Å². The van der Waals surface area contributed by atoms with Crippen molar-refractivity contribution in [3.8, 4) is 22.5 Å². The Balaban J connectivity index is 1.91. The highest BCUT2D eigenvalue weighted by molar-refractivity contribution is 6.33. The van der Waals surface area contributed by atoms with Crippen LogP contribution in [0.4, 0.5) is 0 Å². The molecule has 0 unspecified atom stereocenters. The van der Waals surface area contributed by atoms with E-state index in [1.807, 2.05) is 13.8 Å². The van der Waals surface area contributed by atoms with Crippen molar-refractivity contribution in [1.29, 1.82) is 0 Å². The molecule has 0 bridgehead atoms. The number of hydrogen-bond acceptors (Lipinski definition) is 5. The summed E-state index contributed by atoms with van der Waals surface area (Å²) in [5.74, 6) is -0.0344. The summed E-state index contributed by atoms with van der Waals surface area (Å²) in [5.41, 5.74) is 2.01. The second-order valence-corrected chi connectivity index (χ2v) is 8.85. The largest absolute Gasteiger partial charge is 0.352 e. The standard InChI is InChI=1S/C25H20Cl2N4O3/c1-14(2)29-22(33)12-31-24(16-4-3-5-19(26)9-16)30-23-20(25(31)34)10-17(11-28-23)15-6-7-21(27)18(8-15)13-32/h3-11,13-14H,12H2,1-2H3,(H,29,33). The maximum absolute atomic E-state index is 13.6. The fourth-order valence-electron chi connectivity index (χ4n) is 3.58. The van der Waals surface area contributed by atoms with Crippen molar-refractivity contribution >= 4 is 46.4 Å². The molecule has 7 nitrogen and oxygen atoms in total. The van der Waals surface area contributed by atoms with Gasteiger partial charge in [-0.3, -0.25) is 19.0 Å². The fourth-order valence-corrected chi connectivity index (χ4v) is 3.94. The van der Waals surface area contributed by atoms with Gasteiger partial charge in [0.15, 0.2) is 11.9 Å². The Kier molecular flexibility index (Phi) is 6.77. The van der Waals surface area contributed by atoms with Crippen LogP contribution in [0, 0.1) is 0 Å². The van der Waals surface area contributed by atoms with E-state index in [1.165, 1.54) is 4.57 Å². The summed E-state index contributed by atoms with van der Waals surface area (Å²) < 4.78 is 1.32. The number of amides is 1. The predicted octanol–water partition coefficient (Wildman–Crippen LogP) is 4.77. The summed E-state index contributed by atoms with van der Waals surface area (Å²) in [4.78, 5) is 46.4. The number of carbonyl (C=O) groups is 2. The molecule has 0 radical (unpaired) electrons. The van der Waals surface area contributed by atoms with Gasteiger partial charge in [-0.1, -0.05) is 41.4 Å². The van der Waals surface area contributed by atoms with E-state index in [9.17, 15) is 14.4 Å². The number of nitrogens with one attached hydrogen (secondary N) is 1. The molecule has 0 aliphatic carbocycles. The van der Waals surface area contributed by atoms with E-state index in [0.29, 0.717) is 38.6 Å². The maximum Gasteiger partial charge on any atom is 0.263 e. The van der Waals surface area contributed by atoms with Gasteiger partial charge < -0.3 is 5.32 Å². The number of pyridine rings is 1. The van der Waals surface area contributed by atoms with E-state index in [2.05, 4.69) is 15.3 Å². The number of nitrogens with zero attached hydrogens (tertiary/aromatic N) is 3. The molecule has 0 aliphatic heterocycles. The van der Waals surface area contributed by atoms with Crippen LogP contribution in [0.25, 0.3) is 33.5 Å². The zero-order chi connectivity index (χ0) is 24.4. The molecular weight excluding hydrogens is 475 g/mol. The van der Waals surface area contributed by atoms with Crippen LogP contribution >= 0.6 is 23.2 Å². The molecule has 2 aromatic heterocycles. The number of fused-ring (bicyclic) bond motifs is 1. The van der Waals surface area contributed by atoms with Gasteiger partial charge in [-0.05, 0) is 49.7 Å². The van der Waals surface area contributed by atoms with Crippen molar-refractivity contribution in [1.82, 2.24) is 19.9 Å². The minimum atomic E-state index is -0.419. The van der Waals surface area contributed by atoms with Crippen LogP contribution in [0.15, 0.2) is 59.5 Å². The second-order valence-electron chi connectivity index (χ2n) is 8.01. The van der Waals surface area contributed by atoms with Crippen LogP contribution in [0.3, 0.4) is 0 Å². The van der Waals surface area contributed by atoms with E-state index in [1.54, 1.807) is 54.7 Å². The Hall–Kier alpha value is -3.55. The van der Waals surface area contributed by atoms with Gasteiger partial charge in [-0.25, -0.2) is 9.97 Å². The summed E-state index contributed by atoms with van der Waals surface area (Å²) in [6.07, 6.45) is 2.24. The smallest absolute Gasteiger partial charge is 0.263 e. The second kappa shape index (κ2) is 9.75. The number of aldehydes is 1. The lowest BCUT2D eigenvalue weighted by Gasteiger charge is -2.15. The van der Waals surface area contributed by atoms with Crippen molar-refractivity contribution in [3.63, 3.8) is 0 Å². The highest BCUT2D eigenvalue weighted by atomic mass is 35.5. The van der Waals surface area contributed by atoms with Crippen molar-refractivity contribution < 1.29 is 9.59 Å². The van der Waals surface area contributed by atoms with Crippen LogP contribution < -0.4 is 10.9 Å². The van der Waals surface area contributed by atoms with Crippen LogP contribution in [0.5, 0.6) is 0 Å². The zero-order valence-electron chi connectivity index (χ0n) is 18.4. The summed E-state index contributed by atoms with van der Waals surface area (Å²) in [5, 5.41) is 3.84. The van der Waals surface area contributed by atoms with Gasteiger partial charge in [0.2, 0.25) is 5.91 Å². The molecule has 2 aromatic carbocycles. The summed E-state index contributed by atoms with van der Waals surface area (Å²) >= 11 is 12.2. The molecule has 0 fully saturated rings. The molecule has 1 amide bonds. The molecule has 4 aromatic rings. The first-order valence-electron chi connectivity index (χ1n) is 10.5. The number of halogens is 2. The average molecular weight is 495 g/mol. The molecule has 9 heteroatoms. The minimum absolute atomic E-state index is 0.0866. The first kappa shape index (κ1) is 23.6. The quantitative estimate of drug-likeness (QED) is 0.389. The Morgan fingerprint density at radius 2 is 1.88 bits per heavy atom. The van der Waals surface area contributed by atoms with E-state index in [-0.39, 0.29) is 35.4 Å². The number of benzene rings is 2. The van der Waals surface area contributed by atoms with Gasteiger partial charge >= 0.3 is 0 Å². The molecule has 0 spiro atoms. The average Bonchev–Trinajstić information content (AvgIpc) is 2.80. The minimum Gasteiger partial charge on any atom is -0.352 e. The third kappa shape index (κ3) is 4.85. The van der Waals surface area contributed by atoms with E-state index in [0.717, 1.165) is 0 Å². The van der Waals surface area contributed by atoms with Crippen molar-refractivity contribution in [2.45, 2.75) is 26.4 Å². The SMILES string of the molecule is CC(C)NC(=O)Cn1c(-c2cccc(Cl)c2)nc2ncc(-c3ccc(Cl)c(C=O)c3)cc2c1=O. The van der Waals surface area contributed by atoms with Crippen molar-refractivity contribution in [2.75, 3.05) is 0 Å². The maximum atomic E-state index is 13.6. The Labute approximate surface area is 205 Å². The van der Waals surface area contributed by atoms with Crippen molar-refractivity contribution in [3.05, 3.63) is 80.7 Å². The topological polar surface area (TPSA) is 93.9 Å². The van der Waals surface area contributed by atoms with Gasteiger partial charge in [0.1, 0.15) is 12.4 Å². The summed E-state index contributed by atoms with van der Waals surface area (Å²) in [6.45, 7) is 3.46. The molecular formula is C25H20Cl2N4O3. The lowest BCUT2D eigenvalue weighted by molar-refractivity contribution is -0.122. The molecule has 4 rings (SSSR count). The molecule has 1 N–H and O–H groups in total. The highest BCUT2D eigenvalue weighted by Gasteiger charge is 2.18. The third-order valence-corrected chi connectivity index (χ3v) is 5.68. The number of hydrogen-bond donors (Lipinski definition) is 1. The molecule has 0 atom stereocenters. The number of carbonyl (C=O) groups excluding carboxylic acids is 2. The molecule has 0 aliphatic rings. The third-order valence-electron chi connectivity index (χ3n) is 5.10. The lowest BCUT2D eigenvalue weighted by Crippen LogP contribution is -2.37. The molecule has 2 heterocycles. The number of rotatable bonds is 6. The van der Waals surface area contributed by atoms with Crippen LogP contribution in [-0.4, -0.2) is 32.8 Å². The van der Waals surface area contributed by atoms with Gasteiger partial charge in [0, 0.05) is 34.0 Å². The van der Waals surface area contributed by atoms with E-state index < -0.39 is 5.56 Å². The number of aromatic nitrogens is 3. The van der Waals surface area contributed by atoms with Crippen LogP contribution in [-0.2, 0) is 11.3 Å². The first-order valence-corrected chi connectivity index (χ1v) is 11.2. The van der Waals surface area contributed by atoms with Gasteiger partial charge in [-0.2, -0.15) is 0 Å². The Bertz CT molecular complexity index is 1480. The zero-order valence-corrected chi connectivity index (χ0v) is 19.9. The van der Waals surface area contributed by atoms with Crippen LogP contribution in [0.1, 0.15) is 24.2 Å². The highest BCUT2D eigenvalue weighted by Crippen LogP contribution is 2.27. The van der Waals surface area contributed by atoms with Gasteiger partial charge in [0.25, 0.3) is 5.56 Å². The Morgan fingerprint density at radius 3 is 2.59 bits per heavy atom. The summed E-state index contributed by atoms with van der Waals surface area (Å²) in [7, 11) is 0. The molecule has 172 valence electrons. The van der Waals surface area contributed by atoms with Gasteiger partial charge in [0.05, 0.1) is 10.4 Å². The fraction of sp³-hybridized carbons (Fsp3) is 0.160. The molecule has 0 saturated heterocycles.